The molecule has 0 atom stereocenters. The van der Waals surface area contributed by atoms with E-state index in [4.69, 9.17) is 0 Å². The van der Waals surface area contributed by atoms with Crippen molar-refractivity contribution < 1.29 is 0 Å². The lowest BCUT2D eigenvalue weighted by Crippen LogP contribution is -2.34. The number of aromatic nitrogens is 2. The standard InChI is InChI=1S/C16H28N4/c1-14-13-20(15-7-3-4-8-15)16(18-14)17-9-12-19-10-5-2-6-11-19/h13,15H,2-12H2,1H3,(H,17,18). The molecule has 112 valence electrons. The first kappa shape index (κ1) is 13.9. The summed E-state index contributed by atoms with van der Waals surface area (Å²) in [6.45, 7) is 6.82. The predicted octanol–water partition coefficient (Wildman–Crippen LogP) is 3.20. The molecule has 3 rings (SSSR count). The van der Waals surface area contributed by atoms with Crippen LogP contribution in [0, 0.1) is 6.92 Å². The predicted molar refractivity (Wildman–Crippen MR) is 83.2 cm³/mol. The van der Waals surface area contributed by atoms with Gasteiger partial charge in [-0.25, -0.2) is 4.98 Å². The molecule has 1 aliphatic carbocycles. The Hall–Kier alpha value is -1.03. The quantitative estimate of drug-likeness (QED) is 0.896. The van der Waals surface area contributed by atoms with E-state index in [1.165, 1.54) is 58.0 Å². The first-order chi connectivity index (χ1) is 9.83. The Labute approximate surface area is 122 Å². The molecule has 2 fully saturated rings. The van der Waals surface area contributed by atoms with Crippen molar-refractivity contribution in [2.24, 2.45) is 0 Å². The number of anilines is 1. The van der Waals surface area contributed by atoms with Crippen molar-refractivity contribution in [1.82, 2.24) is 14.5 Å². The summed E-state index contributed by atoms with van der Waals surface area (Å²) < 4.78 is 2.39. The van der Waals surface area contributed by atoms with Gasteiger partial charge in [0.2, 0.25) is 5.95 Å². The SMILES string of the molecule is Cc1cn(C2CCCC2)c(NCCN2CCCCC2)n1. The van der Waals surface area contributed by atoms with Crippen molar-refractivity contribution in [2.45, 2.75) is 57.9 Å². The highest BCUT2D eigenvalue weighted by Gasteiger charge is 2.20. The van der Waals surface area contributed by atoms with E-state index in [9.17, 15) is 0 Å². The van der Waals surface area contributed by atoms with Crippen molar-refractivity contribution in [3.63, 3.8) is 0 Å². The largest absolute Gasteiger partial charge is 0.354 e. The summed E-state index contributed by atoms with van der Waals surface area (Å²) in [5, 5.41) is 3.57. The van der Waals surface area contributed by atoms with Crippen molar-refractivity contribution in [3.8, 4) is 0 Å². The molecule has 0 bridgehead atoms. The van der Waals surface area contributed by atoms with Crippen LogP contribution in [-0.4, -0.2) is 40.6 Å². The zero-order valence-electron chi connectivity index (χ0n) is 12.8. The van der Waals surface area contributed by atoms with Gasteiger partial charge in [-0.3, -0.25) is 0 Å². The number of nitrogens with one attached hydrogen (secondary N) is 1. The number of nitrogens with zero attached hydrogens (tertiary/aromatic N) is 3. The Morgan fingerprint density at radius 2 is 1.90 bits per heavy atom. The van der Waals surface area contributed by atoms with Gasteiger partial charge < -0.3 is 14.8 Å². The fourth-order valence-corrected chi connectivity index (χ4v) is 3.62. The summed E-state index contributed by atoms with van der Waals surface area (Å²) in [6.07, 6.45) is 11.7. The Balaban J connectivity index is 1.53. The number of piperidine rings is 1. The molecule has 1 saturated heterocycles. The third kappa shape index (κ3) is 3.35. The molecular weight excluding hydrogens is 248 g/mol. The van der Waals surface area contributed by atoms with E-state index in [1.54, 1.807) is 0 Å². The number of hydrogen-bond donors (Lipinski definition) is 1. The van der Waals surface area contributed by atoms with Crippen LogP contribution in [0.1, 0.15) is 56.7 Å². The second-order valence-electron chi connectivity index (χ2n) is 6.38. The second kappa shape index (κ2) is 6.61. The van der Waals surface area contributed by atoms with Crippen LogP contribution in [0.5, 0.6) is 0 Å². The normalized spacial score (nSPS) is 21.4. The maximum absolute atomic E-state index is 4.67. The molecule has 20 heavy (non-hydrogen) atoms. The monoisotopic (exact) mass is 276 g/mol. The van der Waals surface area contributed by atoms with E-state index in [0.717, 1.165) is 24.7 Å². The molecular formula is C16H28N4. The fraction of sp³-hybridized carbons (Fsp3) is 0.812. The molecule has 1 aliphatic heterocycles. The van der Waals surface area contributed by atoms with Gasteiger partial charge in [0.15, 0.2) is 0 Å². The zero-order valence-corrected chi connectivity index (χ0v) is 12.8. The number of likely N-dealkylation sites (tertiary alicyclic amines) is 1. The molecule has 0 radical (unpaired) electrons. The maximum atomic E-state index is 4.67. The highest BCUT2D eigenvalue weighted by atomic mass is 15.2. The summed E-state index contributed by atoms with van der Waals surface area (Å²) >= 11 is 0. The minimum absolute atomic E-state index is 0.675. The second-order valence-corrected chi connectivity index (χ2v) is 6.38. The highest BCUT2D eigenvalue weighted by molar-refractivity contribution is 5.29. The lowest BCUT2D eigenvalue weighted by Gasteiger charge is -2.26. The number of imidazole rings is 1. The van der Waals surface area contributed by atoms with Gasteiger partial charge in [-0.15, -0.1) is 0 Å². The van der Waals surface area contributed by atoms with Crippen LogP contribution >= 0.6 is 0 Å². The average molecular weight is 276 g/mol. The van der Waals surface area contributed by atoms with Crippen LogP contribution in [0.2, 0.25) is 0 Å². The van der Waals surface area contributed by atoms with Gasteiger partial charge in [-0.05, 0) is 45.7 Å². The third-order valence-corrected chi connectivity index (χ3v) is 4.73. The molecule has 1 aromatic heterocycles. The summed E-state index contributed by atoms with van der Waals surface area (Å²) in [4.78, 5) is 7.25. The smallest absolute Gasteiger partial charge is 0.203 e. The molecule has 2 heterocycles. The number of hydrogen-bond acceptors (Lipinski definition) is 3. The van der Waals surface area contributed by atoms with E-state index < -0.39 is 0 Å². The van der Waals surface area contributed by atoms with Gasteiger partial charge >= 0.3 is 0 Å². The fourth-order valence-electron chi connectivity index (χ4n) is 3.62. The first-order valence-electron chi connectivity index (χ1n) is 8.34. The summed E-state index contributed by atoms with van der Waals surface area (Å²) in [5.74, 6) is 1.09. The van der Waals surface area contributed by atoms with Gasteiger partial charge in [0.05, 0.1) is 5.69 Å². The van der Waals surface area contributed by atoms with Crippen LogP contribution < -0.4 is 5.32 Å². The number of aryl methyl sites for hydroxylation is 1. The first-order valence-corrected chi connectivity index (χ1v) is 8.34. The molecule has 1 aromatic rings. The van der Waals surface area contributed by atoms with Crippen LogP contribution in [0.4, 0.5) is 5.95 Å². The minimum atomic E-state index is 0.675. The zero-order chi connectivity index (χ0) is 13.8. The van der Waals surface area contributed by atoms with E-state index in [1.807, 2.05) is 0 Å². The van der Waals surface area contributed by atoms with E-state index >= 15 is 0 Å². The molecule has 4 nitrogen and oxygen atoms in total. The van der Waals surface area contributed by atoms with Gasteiger partial charge in [-0.1, -0.05) is 19.3 Å². The molecule has 0 unspecified atom stereocenters. The van der Waals surface area contributed by atoms with Gasteiger partial charge in [0, 0.05) is 25.3 Å². The van der Waals surface area contributed by atoms with Gasteiger partial charge in [-0.2, -0.15) is 0 Å². The van der Waals surface area contributed by atoms with E-state index in [2.05, 4.69) is 32.9 Å². The summed E-state index contributed by atoms with van der Waals surface area (Å²) in [7, 11) is 0. The van der Waals surface area contributed by atoms with Crippen molar-refractivity contribution in [3.05, 3.63) is 11.9 Å². The molecule has 0 aromatic carbocycles. The Bertz CT molecular complexity index is 414. The number of rotatable bonds is 5. The van der Waals surface area contributed by atoms with Gasteiger partial charge in [0.1, 0.15) is 0 Å². The van der Waals surface area contributed by atoms with E-state index in [-0.39, 0.29) is 0 Å². The molecule has 1 N–H and O–H groups in total. The van der Waals surface area contributed by atoms with Crippen LogP contribution in [0.3, 0.4) is 0 Å². The van der Waals surface area contributed by atoms with E-state index in [0.29, 0.717) is 6.04 Å². The van der Waals surface area contributed by atoms with Crippen molar-refractivity contribution >= 4 is 5.95 Å². The highest BCUT2D eigenvalue weighted by Crippen LogP contribution is 2.31. The van der Waals surface area contributed by atoms with Crippen LogP contribution in [-0.2, 0) is 0 Å². The third-order valence-electron chi connectivity index (χ3n) is 4.73. The van der Waals surface area contributed by atoms with Crippen molar-refractivity contribution in [2.75, 3.05) is 31.5 Å². The topological polar surface area (TPSA) is 33.1 Å². The molecule has 1 saturated carbocycles. The molecule has 0 spiro atoms. The van der Waals surface area contributed by atoms with Gasteiger partial charge in [0.25, 0.3) is 0 Å². The lowest BCUT2D eigenvalue weighted by atomic mass is 10.1. The molecule has 4 heteroatoms. The summed E-state index contributed by atoms with van der Waals surface area (Å²) in [5.41, 5.74) is 1.14. The summed E-state index contributed by atoms with van der Waals surface area (Å²) in [6, 6.07) is 0.675. The average Bonchev–Trinajstić information content (AvgIpc) is 3.09. The maximum Gasteiger partial charge on any atom is 0.203 e. The minimum Gasteiger partial charge on any atom is -0.354 e. The van der Waals surface area contributed by atoms with Crippen LogP contribution in [0.25, 0.3) is 0 Å². The Kier molecular flexibility index (Phi) is 4.61. The molecule has 2 aliphatic rings. The molecule has 0 amide bonds. The Morgan fingerprint density at radius 1 is 1.15 bits per heavy atom. The van der Waals surface area contributed by atoms with Crippen molar-refractivity contribution in [1.29, 1.82) is 0 Å². The van der Waals surface area contributed by atoms with Crippen LogP contribution in [0.15, 0.2) is 6.20 Å². The Morgan fingerprint density at radius 3 is 2.65 bits per heavy atom. The lowest BCUT2D eigenvalue weighted by molar-refractivity contribution is 0.237.